The van der Waals surface area contributed by atoms with Crippen molar-refractivity contribution < 1.29 is 13.2 Å². The zero-order chi connectivity index (χ0) is 15.3. The van der Waals surface area contributed by atoms with Crippen LogP contribution in [-0.4, -0.2) is 43.2 Å². The van der Waals surface area contributed by atoms with Crippen LogP contribution in [0.5, 0.6) is 0 Å². The average molecular weight is 311 g/mol. The van der Waals surface area contributed by atoms with Crippen molar-refractivity contribution in [1.29, 1.82) is 0 Å². The van der Waals surface area contributed by atoms with Gasteiger partial charge in [-0.25, -0.2) is 8.42 Å². The van der Waals surface area contributed by atoms with Crippen LogP contribution in [-0.2, 0) is 14.8 Å². The lowest BCUT2D eigenvalue weighted by Crippen LogP contribution is -2.41. The second-order valence-electron chi connectivity index (χ2n) is 5.19. The van der Waals surface area contributed by atoms with Gasteiger partial charge in [0.25, 0.3) is 0 Å². The number of carbonyl (C=O) groups is 1. The molecule has 116 valence electrons. The molecule has 1 amide bonds. The summed E-state index contributed by atoms with van der Waals surface area (Å²) in [6.45, 7) is 3.43. The van der Waals surface area contributed by atoms with Crippen molar-refractivity contribution in [3.8, 4) is 0 Å². The Balaban J connectivity index is 1.90. The van der Waals surface area contributed by atoms with Gasteiger partial charge in [0.1, 0.15) is 4.90 Å². The lowest BCUT2D eigenvalue weighted by molar-refractivity contribution is -0.121. The van der Waals surface area contributed by atoms with Gasteiger partial charge in [-0.2, -0.15) is 4.31 Å². The molecule has 2 heterocycles. The first-order chi connectivity index (χ1) is 10.0. The summed E-state index contributed by atoms with van der Waals surface area (Å²) in [5.41, 5.74) is 0. The highest BCUT2D eigenvalue weighted by Gasteiger charge is 2.29. The van der Waals surface area contributed by atoms with E-state index in [0.29, 0.717) is 32.0 Å². The number of carbonyl (C=O) groups excluding carboxylic acids is 1. The number of rotatable bonds is 5. The second kappa shape index (κ2) is 7.00. The number of pyridine rings is 1. The molecule has 0 aliphatic carbocycles. The Labute approximate surface area is 125 Å². The third kappa shape index (κ3) is 4.01. The molecule has 0 spiro atoms. The van der Waals surface area contributed by atoms with Crippen LogP contribution >= 0.6 is 0 Å². The molecule has 0 bridgehead atoms. The van der Waals surface area contributed by atoms with Gasteiger partial charge in [-0.3, -0.25) is 9.78 Å². The second-order valence-corrected chi connectivity index (χ2v) is 7.13. The van der Waals surface area contributed by atoms with Crippen molar-refractivity contribution in [3.63, 3.8) is 0 Å². The zero-order valence-electron chi connectivity index (χ0n) is 12.2. The Bertz CT molecular complexity index is 566. The monoisotopic (exact) mass is 311 g/mol. The van der Waals surface area contributed by atoms with Gasteiger partial charge in [-0.05, 0) is 30.9 Å². The lowest BCUT2D eigenvalue weighted by Gasteiger charge is -2.31. The maximum atomic E-state index is 12.4. The summed E-state index contributed by atoms with van der Waals surface area (Å²) in [5.74, 6) is 0.390. The first-order valence-corrected chi connectivity index (χ1v) is 8.65. The van der Waals surface area contributed by atoms with Crippen molar-refractivity contribution in [2.24, 2.45) is 5.92 Å². The summed E-state index contributed by atoms with van der Waals surface area (Å²) in [4.78, 5) is 15.3. The quantitative estimate of drug-likeness (QED) is 0.880. The number of amides is 1. The summed E-state index contributed by atoms with van der Waals surface area (Å²) in [6.07, 6.45) is 4.95. The predicted octanol–water partition coefficient (Wildman–Crippen LogP) is 1.01. The molecule has 7 heteroatoms. The topological polar surface area (TPSA) is 79.4 Å². The summed E-state index contributed by atoms with van der Waals surface area (Å²) in [6, 6.07) is 3.19. The number of aromatic nitrogens is 1. The van der Waals surface area contributed by atoms with E-state index >= 15 is 0 Å². The zero-order valence-corrected chi connectivity index (χ0v) is 13.0. The molecule has 1 aliphatic heterocycles. The molecule has 1 saturated heterocycles. The first kappa shape index (κ1) is 15.9. The Morgan fingerprint density at radius 1 is 1.43 bits per heavy atom. The van der Waals surface area contributed by atoms with Crippen molar-refractivity contribution in [3.05, 3.63) is 24.5 Å². The van der Waals surface area contributed by atoms with Gasteiger partial charge in [0.05, 0.1) is 0 Å². The SMILES string of the molecule is CCC(=O)NCC1CCN(S(=O)(=O)c2cccnc2)CC1. The van der Waals surface area contributed by atoms with Crippen LogP contribution in [0.25, 0.3) is 0 Å². The van der Waals surface area contributed by atoms with E-state index in [9.17, 15) is 13.2 Å². The van der Waals surface area contributed by atoms with Crippen molar-refractivity contribution in [1.82, 2.24) is 14.6 Å². The minimum Gasteiger partial charge on any atom is -0.356 e. The third-order valence-corrected chi connectivity index (χ3v) is 5.64. The van der Waals surface area contributed by atoms with Crippen LogP contribution in [0.4, 0.5) is 0 Å². The van der Waals surface area contributed by atoms with E-state index in [1.165, 1.54) is 10.5 Å². The molecule has 21 heavy (non-hydrogen) atoms. The Morgan fingerprint density at radius 2 is 2.14 bits per heavy atom. The molecule has 0 unspecified atom stereocenters. The van der Waals surface area contributed by atoms with Gasteiger partial charge in [0.15, 0.2) is 0 Å². The molecular weight excluding hydrogens is 290 g/mol. The molecule has 1 aliphatic rings. The standard InChI is InChI=1S/C14H21N3O3S/c1-2-14(18)16-10-12-5-8-17(9-6-12)21(19,20)13-4-3-7-15-11-13/h3-4,7,11-12H,2,5-6,8-10H2,1H3,(H,16,18). The predicted molar refractivity (Wildman–Crippen MR) is 79.0 cm³/mol. The van der Waals surface area contributed by atoms with Crippen LogP contribution in [0.3, 0.4) is 0 Å². The van der Waals surface area contributed by atoms with E-state index in [-0.39, 0.29) is 10.8 Å². The number of hydrogen-bond donors (Lipinski definition) is 1. The summed E-state index contributed by atoms with van der Waals surface area (Å²) in [7, 11) is -3.44. The molecule has 0 radical (unpaired) electrons. The normalized spacial score (nSPS) is 17.6. The van der Waals surface area contributed by atoms with E-state index in [4.69, 9.17) is 0 Å². The van der Waals surface area contributed by atoms with Gasteiger partial charge < -0.3 is 5.32 Å². The highest BCUT2D eigenvalue weighted by Crippen LogP contribution is 2.22. The molecule has 6 nitrogen and oxygen atoms in total. The molecule has 1 aromatic rings. The van der Waals surface area contributed by atoms with Crippen molar-refractivity contribution in [2.45, 2.75) is 31.1 Å². The molecular formula is C14H21N3O3S. The van der Waals surface area contributed by atoms with E-state index < -0.39 is 10.0 Å². The van der Waals surface area contributed by atoms with Crippen LogP contribution < -0.4 is 5.32 Å². The van der Waals surface area contributed by atoms with E-state index in [0.717, 1.165) is 12.8 Å². The first-order valence-electron chi connectivity index (χ1n) is 7.21. The largest absolute Gasteiger partial charge is 0.356 e. The Hall–Kier alpha value is -1.47. The summed E-state index contributed by atoms with van der Waals surface area (Å²) < 4.78 is 26.3. The molecule has 1 N–H and O–H groups in total. The Morgan fingerprint density at radius 3 is 2.71 bits per heavy atom. The van der Waals surface area contributed by atoms with Crippen LogP contribution in [0.1, 0.15) is 26.2 Å². The fourth-order valence-electron chi connectivity index (χ4n) is 2.39. The molecule has 0 atom stereocenters. The molecule has 0 aromatic carbocycles. The average Bonchev–Trinajstić information content (AvgIpc) is 2.53. The summed E-state index contributed by atoms with van der Waals surface area (Å²) in [5, 5.41) is 2.87. The van der Waals surface area contributed by atoms with Gasteiger partial charge in [0, 0.05) is 38.4 Å². The number of piperidine rings is 1. The fraction of sp³-hybridized carbons (Fsp3) is 0.571. The van der Waals surface area contributed by atoms with E-state index in [2.05, 4.69) is 10.3 Å². The fourth-order valence-corrected chi connectivity index (χ4v) is 3.82. The highest BCUT2D eigenvalue weighted by molar-refractivity contribution is 7.89. The van der Waals surface area contributed by atoms with Crippen LogP contribution in [0.15, 0.2) is 29.4 Å². The molecule has 1 aromatic heterocycles. The number of hydrogen-bond acceptors (Lipinski definition) is 4. The lowest BCUT2D eigenvalue weighted by atomic mass is 9.98. The van der Waals surface area contributed by atoms with Gasteiger partial charge in [-0.15, -0.1) is 0 Å². The number of nitrogens with zero attached hydrogens (tertiary/aromatic N) is 2. The minimum absolute atomic E-state index is 0.0420. The third-order valence-electron chi connectivity index (χ3n) is 3.75. The number of nitrogens with one attached hydrogen (secondary N) is 1. The van der Waals surface area contributed by atoms with Gasteiger partial charge in [0.2, 0.25) is 15.9 Å². The van der Waals surface area contributed by atoms with Gasteiger partial charge >= 0.3 is 0 Å². The van der Waals surface area contributed by atoms with Crippen LogP contribution in [0.2, 0.25) is 0 Å². The van der Waals surface area contributed by atoms with Gasteiger partial charge in [-0.1, -0.05) is 6.92 Å². The molecule has 2 rings (SSSR count). The maximum Gasteiger partial charge on any atom is 0.244 e. The van der Waals surface area contributed by atoms with E-state index in [1.54, 1.807) is 18.3 Å². The minimum atomic E-state index is -3.44. The van der Waals surface area contributed by atoms with E-state index in [1.807, 2.05) is 6.92 Å². The number of sulfonamides is 1. The molecule has 1 fully saturated rings. The van der Waals surface area contributed by atoms with Crippen molar-refractivity contribution >= 4 is 15.9 Å². The summed E-state index contributed by atoms with van der Waals surface area (Å²) >= 11 is 0. The molecule has 0 saturated carbocycles. The smallest absolute Gasteiger partial charge is 0.244 e. The highest BCUT2D eigenvalue weighted by atomic mass is 32.2. The van der Waals surface area contributed by atoms with Crippen LogP contribution in [0, 0.1) is 5.92 Å². The Kier molecular flexibility index (Phi) is 5.30. The maximum absolute atomic E-state index is 12.4. The van der Waals surface area contributed by atoms with Crippen molar-refractivity contribution in [2.75, 3.05) is 19.6 Å².